The average molecular weight is 367 g/mol. The molecule has 1 aromatic carbocycles. The molecule has 0 amide bonds. The zero-order valence-corrected chi connectivity index (χ0v) is 15.6. The summed E-state index contributed by atoms with van der Waals surface area (Å²) < 4.78 is 1.49. The molecule has 1 N–H and O–H groups in total. The first-order valence-electron chi connectivity index (χ1n) is 9.20. The summed E-state index contributed by atoms with van der Waals surface area (Å²) in [6, 6.07) is 8.31. The number of aromatic amines is 1. The summed E-state index contributed by atoms with van der Waals surface area (Å²) in [5.74, 6) is 0. The molecule has 0 saturated carbocycles. The first-order valence-corrected chi connectivity index (χ1v) is 10.0. The number of rotatable bonds is 1. The van der Waals surface area contributed by atoms with E-state index in [-0.39, 0.29) is 17.3 Å². The van der Waals surface area contributed by atoms with E-state index in [1.807, 2.05) is 6.07 Å². The van der Waals surface area contributed by atoms with Gasteiger partial charge in [0.25, 0.3) is 5.56 Å². The van der Waals surface area contributed by atoms with Gasteiger partial charge in [-0.05, 0) is 56.9 Å². The first-order chi connectivity index (χ1) is 12.6. The summed E-state index contributed by atoms with van der Waals surface area (Å²) in [6.45, 7) is 1.83. The molecule has 2 aromatic heterocycles. The first kappa shape index (κ1) is 16.0. The van der Waals surface area contributed by atoms with Crippen LogP contribution in [0.2, 0.25) is 0 Å². The molecule has 2 aliphatic rings. The fourth-order valence-corrected chi connectivity index (χ4v) is 5.61. The molecule has 0 radical (unpaired) electrons. The normalized spacial score (nSPS) is 18.0. The molecule has 0 unspecified atom stereocenters. The number of aromatic nitrogens is 2. The average Bonchev–Trinajstić information content (AvgIpc) is 3.02. The molecule has 134 valence electrons. The molecule has 0 atom stereocenters. The van der Waals surface area contributed by atoms with Gasteiger partial charge in [0.05, 0.1) is 5.39 Å². The highest BCUT2D eigenvalue weighted by Crippen LogP contribution is 2.41. The van der Waals surface area contributed by atoms with Crippen LogP contribution in [0.5, 0.6) is 0 Å². The van der Waals surface area contributed by atoms with Crippen molar-refractivity contribution in [1.29, 1.82) is 0 Å². The number of aryl methyl sites for hydroxylation is 2. The van der Waals surface area contributed by atoms with Crippen LogP contribution in [-0.2, 0) is 12.8 Å². The number of fused-ring (bicyclic) bond motifs is 5. The van der Waals surface area contributed by atoms with Crippen LogP contribution in [-0.4, -0.2) is 34.6 Å². The maximum absolute atomic E-state index is 13.4. The van der Waals surface area contributed by atoms with Crippen LogP contribution in [0.15, 0.2) is 33.9 Å². The van der Waals surface area contributed by atoms with Crippen molar-refractivity contribution in [2.75, 3.05) is 20.1 Å². The number of piperidine rings is 1. The number of nitrogens with zero attached hydrogens (tertiary/aromatic N) is 2. The Morgan fingerprint density at radius 1 is 1.12 bits per heavy atom. The molecule has 1 saturated heterocycles. The summed E-state index contributed by atoms with van der Waals surface area (Å²) in [7, 11) is 2.08. The molecule has 1 fully saturated rings. The van der Waals surface area contributed by atoms with E-state index >= 15 is 0 Å². The number of thiophene rings is 1. The number of benzene rings is 1. The lowest BCUT2D eigenvalue weighted by molar-refractivity contribution is 0.216. The van der Waals surface area contributed by atoms with Gasteiger partial charge in [0.15, 0.2) is 0 Å². The highest BCUT2D eigenvalue weighted by atomic mass is 32.1. The van der Waals surface area contributed by atoms with Crippen molar-refractivity contribution in [3.8, 4) is 11.1 Å². The Kier molecular flexibility index (Phi) is 3.65. The van der Waals surface area contributed by atoms with Gasteiger partial charge in [-0.1, -0.05) is 24.3 Å². The third-order valence-corrected chi connectivity index (χ3v) is 6.98. The minimum atomic E-state index is -0.260. The summed E-state index contributed by atoms with van der Waals surface area (Å²) in [6.07, 6.45) is 3.60. The maximum atomic E-state index is 13.4. The van der Waals surface area contributed by atoms with Gasteiger partial charge >= 0.3 is 5.69 Å². The third-order valence-electron chi connectivity index (χ3n) is 5.81. The summed E-state index contributed by atoms with van der Waals surface area (Å²) in [5, 5.41) is 0.704. The van der Waals surface area contributed by atoms with Gasteiger partial charge in [-0.3, -0.25) is 14.3 Å². The van der Waals surface area contributed by atoms with E-state index in [2.05, 4.69) is 35.1 Å². The number of H-pyrrole nitrogens is 1. The summed E-state index contributed by atoms with van der Waals surface area (Å²) >= 11 is 1.57. The second-order valence-corrected chi connectivity index (χ2v) is 8.51. The van der Waals surface area contributed by atoms with E-state index in [4.69, 9.17) is 0 Å². The Morgan fingerprint density at radius 3 is 2.69 bits per heavy atom. The predicted octanol–water partition coefficient (Wildman–Crippen LogP) is 2.78. The molecule has 5 nitrogen and oxygen atoms in total. The molecular formula is C20H21N3O2S. The van der Waals surface area contributed by atoms with Gasteiger partial charge in [0.1, 0.15) is 4.83 Å². The van der Waals surface area contributed by atoms with Crippen LogP contribution in [0, 0.1) is 0 Å². The minimum Gasteiger partial charge on any atom is -0.306 e. The van der Waals surface area contributed by atoms with Crippen molar-refractivity contribution in [3.63, 3.8) is 0 Å². The Labute approximate surface area is 154 Å². The molecule has 6 heteroatoms. The van der Waals surface area contributed by atoms with Crippen molar-refractivity contribution >= 4 is 21.6 Å². The van der Waals surface area contributed by atoms with E-state index in [1.54, 1.807) is 11.3 Å². The van der Waals surface area contributed by atoms with Crippen LogP contribution < -0.4 is 11.2 Å². The number of likely N-dealkylation sites (tertiary alicyclic amines) is 1. The standard InChI is InChI=1S/C20H21N3O2S/c1-22-10-8-13(9-11-22)23-19(24)17-16-14-5-3-2-4-12(14)6-7-15(16)26-18(17)21-20(23)25/h2-5,13H,6-11H2,1H3,(H,21,25). The van der Waals surface area contributed by atoms with Crippen LogP contribution in [0.4, 0.5) is 0 Å². The van der Waals surface area contributed by atoms with Crippen molar-refractivity contribution in [3.05, 3.63) is 55.5 Å². The van der Waals surface area contributed by atoms with Crippen LogP contribution in [0.1, 0.15) is 29.3 Å². The highest BCUT2D eigenvalue weighted by Gasteiger charge is 2.27. The van der Waals surface area contributed by atoms with E-state index in [9.17, 15) is 9.59 Å². The Balaban J connectivity index is 1.76. The van der Waals surface area contributed by atoms with Gasteiger partial charge in [0.2, 0.25) is 0 Å². The summed E-state index contributed by atoms with van der Waals surface area (Å²) in [4.78, 5) is 33.3. The fraction of sp³-hybridized carbons (Fsp3) is 0.400. The molecule has 26 heavy (non-hydrogen) atoms. The molecular weight excluding hydrogens is 346 g/mol. The van der Waals surface area contributed by atoms with E-state index in [0.29, 0.717) is 5.39 Å². The van der Waals surface area contributed by atoms with Gasteiger partial charge in [-0.2, -0.15) is 0 Å². The smallest absolute Gasteiger partial charge is 0.306 e. The third kappa shape index (κ3) is 2.32. The quantitative estimate of drug-likeness (QED) is 0.720. The lowest BCUT2D eigenvalue weighted by atomic mass is 9.89. The number of nitrogens with one attached hydrogen (secondary N) is 1. The number of hydrogen-bond donors (Lipinski definition) is 1. The van der Waals surface area contributed by atoms with Crippen LogP contribution >= 0.6 is 11.3 Å². The van der Waals surface area contributed by atoms with E-state index in [0.717, 1.165) is 54.7 Å². The van der Waals surface area contributed by atoms with Crippen LogP contribution in [0.25, 0.3) is 21.3 Å². The van der Waals surface area contributed by atoms with E-state index in [1.165, 1.54) is 15.0 Å². The Morgan fingerprint density at radius 2 is 1.88 bits per heavy atom. The van der Waals surface area contributed by atoms with Crippen molar-refractivity contribution in [2.45, 2.75) is 31.7 Å². The zero-order valence-electron chi connectivity index (χ0n) is 14.7. The van der Waals surface area contributed by atoms with E-state index < -0.39 is 0 Å². The maximum Gasteiger partial charge on any atom is 0.329 e. The zero-order chi connectivity index (χ0) is 17.8. The molecule has 0 spiro atoms. The Hall–Kier alpha value is -2.18. The second-order valence-electron chi connectivity index (χ2n) is 7.40. The highest BCUT2D eigenvalue weighted by molar-refractivity contribution is 7.19. The fourth-order valence-electron chi connectivity index (χ4n) is 4.42. The van der Waals surface area contributed by atoms with Crippen molar-refractivity contribution in [2.24, 2.45) is 0 Å². The molecule has 1 aliphatic carbocycles. The van der Waals surface area contributed by atoms with Gasteiger partial charge in [-0.15, -0.1) is 11.3 Å². The molecule has 1 aliphatic heterocycles. The van der Waals surface area contributed by atoms with Gasteiger partial charge in [-0.25, -0.2) is 4.79 Å². The predicted molar refractivity (Wildman–Crippen MR) is 105 cm³/mol. The monoisotopic (exact) mass is 367 g/mol. The topological polar surface area (TPSA) is 58.1 Å². The van der Waals surface area contributed by atoms with Crippen molar-refractivity contribution in [1.82, 2.24) is 14.5 Å². The molecule has 0 bridgehead atoms. The summed E-state index contributed by atoms with van der Waals surface area (Å²) in [5.41, 5.74) is 3.11. The molecule has 3 heterocycles. The molecule has 5 rings (SSSR count). The SMILES string of the molecule is CN1CCC(n2c(=O)[nH]c3sc4c(c3c2=O)-c2ccccc2CC4)CC1. The largest absolute Gasteiger partial charge is 0.329 e. The number of hydrogen-bond acceptors (Lipinski definition) is 4. The van der Waals surface area contributed by atoms with Gasteiger partial charge < -0.3 is 4.90 Å². The second kappa shape index (κ2) is 5.93. The van der Waals surface area contributed by atoms with Crippen LogP contribution in [0.3, 0.4) is 0 Å². The molecule has 3 aromatic rings. The lowest BCUT2D eigenvalue weighted by Crippen LogP contribution is -2.42. The minimum absolute atomic E-state index is 0.0127. The lowest BCUT2D eigenvalue weighted by Gasteiger charge is -2.29. The van der Waals surface area contributed by atoms with Crippen molar-refractivity contribution < 1.29 is 0 Å². The van der Waals surface area contributed by atoms with Gasteiger partial charge in [0, 0.05) is 16.5 Å². The Bertz CT molecular complexity index is 1120.